The summed E-state index contributed by atoms with van der Waals surface area (Å²) in [5, 5.41) is 13.0. The van der Waals surface area contributed by atoms with Crippen LogP contribution in [0, 0.1) is 0 Å². The van der Waals surface area contributed by atoms with E-state index >= 15 is 0 Å². The first-order valence-electron chi connectivity index (χ1n) is 5.47. The van der Waals surface area contributed by atoms with Crippen LogP contribution in [0.15, 0.2) is 0 Å². The number of carboxylic acids is 1. The molecule has 1 unspecified atom stereocenters. The first kappa shape index (κ1) is 13.8. The minimum absolute atomic E-state index is 0.0731. The normalized spacial score (nSPS) is 19.4. The smallest absolute Gasteiger partial charge is 0.322 e. The van der Waals surface area contributed by atoms with E-state index in [2.05, 4.69) is 10.6 Å². The summed E-state index contributed by atoms with van der Waals surface area (Å²) >= 11 is 1.60. The van der Waals surface area contributed by atoms with Gasteiger partial charge in [0.25, 0.3) is 0 Å². The number of carbonyl (C=O) groups excluding carboxylic acids is 2. The largest absolute Gasteiger partial charge is 0.480 e. The third-order valence-corrected chi connectivity index (χ3v) is 3.71. The average Bonchev–Trinajstić information content (AvgIpc) is 2.34. The van der Waals surface area contributed by atoms with Crippen molar-refractivity contribution < 1.29 is 19.5 Å². The van der Waals surface area contributed by atoms with Crippen molar-refractivity contribution >= 4 is 29.5 Å². The predicted molar refractivity (Wildman–Crippen MR) is 63.8 cm³/mol. The Morgan fingerprint density at radius 2 is 1.94 bits per heavy atom. The zero-order chi connectivity index (χ0) is 12.7. The van der Waals surface area contributed by atoms with E-state index in [1.54, 1.807) is 11.8 Å². The van der Waals surface area contributed by atoms with Crippen LogP contribution in [0.2, 0.25) is 0 Å². The number of carboxylic acid groups (broad SMARTS) is 1. The van der Waals surface area contributed by atoms with Crippen molar-refractivity contribution in [3.8, 4) is 0 Å². The highest BCUT2D eigenvalue weighted by Crippen LogP contribution is 2.24. The van der Waals surface area contributed by atoms with E-state index in [0.29, 0.717) is 0 Å². The summed E-state index contributed by atoms with van der Waals surface area (Å²) in [6.07, 6.45) is 3.01. The molecule has 0 aromatic heterocycles. The van der Waals surface area contributed by atoms with Crippen molar-refractivity contribution in [1.82, 2.24) is 10.6 Å². The Morgan fingerprint density at radius 1 is 1.18 bits per heavy atom. The zero-order valence-electron chi connectivity index (χ0n) is 9.40. The SMILES string of the molecule is O=C(O)CNC(=O)CNC(=O)C1CCCCS1. The van der Waals surface area contributed by atoms with Gasteiger partial charge in [-0.25, -0.2) is 0 Å². The van der Waals surface area contributed by atoms with Crippen LogP contribution >= 0.6 is 11.8 Å². The van der Waals surface area contributed by atoms with Crippen LogP contribution < -0.4 is 10.6 Å². The van der Waals surface area contributed by atoms with E-state index in [1.165, 1.54) is 0 Å². The van der Waals surface area contributed by atoms with Crippen LogP contribution in [-0.2, 0) is 14.4 Å². The molecule has 1 heterocycles. The van der Waals surface area contributed by atoms with E-state index in [0.717, 1.165) is 25.0 Å². The number of rotatable bonds is 5. The van der Waals surface area contributed by atoms with Gasteiger partial charge in [0.15, 0.2) is 0 Å². The molecule has 1 aliphatic heterocycles. The number of hydrogen-bond donors (Lipinski definition) is 3. The maximum absolute atomic E-state index is 11.6. The molecular weight excluding hydrogens is 244 g/mol. The molecule has 0 saturated carbocycles. The lowest BCUT2D eigenvalue weighted by atomic mass is 10.2. The third-order valence-electron chi connectivity index (χ3n) is 2.33. The number of nitrogens with one attached hydrogen (secondary N) is 2. The fourth-order valence-electron chi connectivity index (χ4n) is 1.47. The van der Waals surface area contributed by atoms with Gasteiger partial charge >= 0.3 is 5.97 Å². The molecule has 1 fully saturated rings. The second-order valence-corrected chi connectivity index (χ2v) is 5.05. The maximum atomic E-state index is 11.6. The lowest BCUT2D eigenvalue weighted by Gasteiger charge is -2.20. The molecule has 6 nitrogen and oxygen atoms in total. The molecule has 1 saturated heterocycles. The number of amides is 2. The summed E-state index contributed by atoms with van der Waals surface area (Å²) in [4.78, 5) is 32.9. The molecule has 0 aromatic rings. The van der Waals surface area contributed by atoms with Gasteiger partial charge in [-0.1, -0.05) is 6.42 Å². The Morgan fingerprint density at radius 3 is 2.53 bits per heavy atom. The average molecular weight is 260 g/mol. The van der Waals surface area contributed by atoms with E-state index in [1.807, 2.05) is 0 Å². The molecule has 96 valence electrons. The highest BCUT2D eigenvalue weighted by Gasteiger charge is 2.21. The maximum Gasteiger partial charge on any atom is 0.322 e. The molecule has 1 rings (SSSR count). The number of hydrogen-bond acceptors (Lipinski definition) is 4. The zero-order valence-corrected chi connectivity index (χ0v) is 10.2. The fraction of sp³-hybridized carbons (Fsp3) is 0.700. The van der Waals surface area contributed by atoms with Crippen molar-refractivity contribution in [2.24, 2.45) is 0 Å². The third kappa shape index (κ3) is 5.58. The van der Waals surface area contributed by atoms with Crippen LogP contribution in [0.4, 0.5) is 0 Å². The molecule has 0 radical (unpaired) electrons. The predicted octanol–water partition coefficient (Wildman–Crippen LogP) is -0.411. The summed E-state index contributed by atoms with van der Waals surface area (Å²) in [6.45, 7) is -0.587. The summed E-state index contributed by atoms with van der Waals surface area (Å²) in [7, 11) is 0. The van der Waals surface area contributed by atoms with E-state index in [9.17, 15) is 14.4 Å². The Hall–Kier alpha value is -1.24. The summed E-state index contributed by atoms with van der Waals surface area (Å²) in [5.74, 6) is -0.752. The topological polar surface area (TPSA) is 95.5 Å². The van der Waals surface area contributed by atoms with E-state index in [-0.39, 0.29) is 17.7 Å². The summed E-state index contributed by atoms with van der Waals surface area (Å²) < 4.78 is 0. The molecule has 0 aliphatic carbocycles. The Balaban J connectivity index is 2.18. The van der Waals surface area contributed by atoms with Crippen molar-refractivity contribution in [3.63, 3.8) is 0 Å². The van der Waals surface area contributed by atoms with Crippen LogP contribution in [-0.4, -0.2) is 47.0 Å². The first-order valence-corrected chi connectivity index (χ1v) is 6.52. The van der Waals surface area contributed by atoms with E-state index in [4.69, 9.17) is 5.11 Å². The van der Waals surface area contributed by atoms with Crippen molar-refractivity contribution in [3.05, 3.63) is 0 Å². The molecule has 7 heteroatoms. The molecule has 1 aliphatic rings. The number of carbonyl (C=O) groups is 3. The molecule has 0 aromatic carbocycles. The van der Waals surface area contributed by atoms with Gasteiger partial charge < -0.3 is 15.7 Å². The van der Waals surface area contributed by atoms with Gasteiger partial charge in [0.1, 0.15) is 6.54 Å². The van der Waals surface area contributed by atoms with Crippen LogP contribution in [0.1, 0.15) is 19.3 Å². The Labute approximate surface area is 104 Å². The fourth-order valence-corrected chi connectivity index (χ4v) is 2.69. The quantitative estimate of drug-likeness (QED) is 0.624. The van der Waals surface area contributed by atoms with Gasteiger partial charge in [0.05, 0.1) is 11.8 Å². The summed E-state index contributed by atoms with van der Waals surface area (Å²) in [5.41, 5.74) is 0. The van der Waals surface area contributed by atoms with Crippen molar-refractivity contribution in [1.29, 1.82) is 0 Å². The first-order chi connectivity index (χ1) is 8.09. The van der Waals surface area contributed by atoms with Crippen LogP contribution in [0.25, 0.3) is 0 Å². The lowest BCUT2D eigenvalue weighted by molar-refractivity contribution is -0.137. The number of aliphatic carboxylic acids is 1. The van der Waals surface area contributed by atoms with Gasteiger partial charge in [0.2, 0.25) is 11.8 Å². The molecule has 17 heavy (non-hydrogen) atoms. The second-order valence-electron chi connectivity index (χ2n) is 3.74. The molecule has 0 bridgehead atoms. The van der Waals surface area contributed by atoms with Gasteiger partial charge in [0, 0.05) is 0 Å². The Kier molecular flexibility index (Phi) is 5.82. The molecule has 2 amide bonds. The van der Waals surface area contributed by atoms with Crippen LogP contribution in [0.3, 0.4) is 0 Å². The molecular formula is C10H16N2O4S. The molecule has 3 N–H and O–H groups in total. The highest BCUT2D eigenvalue weighted by molar-refractivity contribution is 8.00. The highest BCUT2D eigenvalue weighted by atomic mass is 32.2. The van der Waals surface area contributed by atoms with Crippen LogP contribution in [0.5, 0.6) is 0 Å². The monoisotopic (exact) mass is 260 g/mol. The molecule has 0 spiro atoms. The number of thioether (sulfide) groups is 1. The van der Waals surface area contributed by atoms with E-state index < -0.39 is 18.4 Å². The van der Waals surface area contributed by atoms with Gasteiger partial charge in [-0.2, -0.15) is 0 Å². The standard InChI is InChI=1S/C10H16N2O4S/c13-8(11-6-9(14)15)5-12-10(16)7-3-1-2-4-17-7/h7H,1-6H2,(H,11,13)(H,12,16)(H,14,15). The minimum atomic E-state index is -1.10. The lowest BCUT2D eigenvalue weighted by Crippen LogP contribution is -2.42. The van der Waals surface area contributed by atoms with Gasteiger partial charge in [-0.3, -0.25) is 14.4 Å². The van der Waals surface area contributed by atoms with Crippen molar-refractivity contribution in [2.75, 3.05) is 18.8 Å². The minimum Gasteiger partial charge on any atom is -0.480 e. The van der Waals surface area contributed by atoms with Crippen molar-refractivity contribution in [2.45, 2.75) is 24.5 Å². The van der Waals surface area contributed by atoms with Gasteiger partial charge in [-0.15, -0.1) is 11.8 Å². The second kappa shape index (κ2) is 7.16. The Bertz CT molecular complexity index is 303. The molecule has 1 atom stereocenters. The van der Waals surface area contributed by atoms with Gasteiger partial charge in [-0.05, 0) is 18.6 Å². The summed E-state index contributed by atoms with van der Waals surface area (Å²) in [6, 6.07) is 0.